The highest BCUT2D eigenvalue weighted by atomic mass is 16.6. The lowest BCUT2D eigenvalue weighted by Crippen LogP contribution is -2.51. The van der Waals surface area contributed by atoms with Gasteiger partial charge in [0.2, 0.25) is 17.7 Å². The van der Waals surface area contributed by atoms with Gasteiger partial charge >= 0.3 is 5.97 Å². The Hall–Kier alpha value is -3.14. The fourth-order valence-electron chi connectivity index (χ4n) is 6.22. The van der Waals surface area contributed by atoms with E-state index in [4.69, 9.17) is 28.4 Å². The lowest BCUT2D eigenvalue weighted by Gasteiger charge is -2.39. The van der Waals surface area contributed by atoms with Crippen LogP contribution >= 0.6 is 0 Å². The van der Waals surface area contributed by atoms with Gasteiger partial charge < -0.3 is 49.5 Å². The van der Waals surface area contributed by atoms with Gasteiger partial charge in [-0.3, -0.25) is 19.2 Å². The normalized spacial score (nSPS) is 29.9. The molecule has 0 aromatic carbocycles. The minimum absolute atomic E-state index is 0.0116. The molecule has 3 saturated heterocycles. The smallest absolute Gasteiger partial charge is 0.303 e. The summed E-state index contributed by atoms with van der Waals surface area (Å²) >= 11 is 0. The Morgan fingerprint density at radius 1 is 1.02 bits per heavy atom. The molecular formula is C37H59N3O11. The molecule has 51 heavy (non-hydrogen) atoms. The Morgan fingerprint density at radius 2 is 1.75 bits per heavy atom. The highest BCUT2D eigenvalue weighted by molar-refractivity contribution is 5.78. The molecule has 14 nitrogen and oxygen atoms in total. The summed E-state index contributed by atoms with van der Waals surface area (Å²) < 4.78 is 34.0. The van der Waals surface area contributed by atoms with Crippen LogP contribution in [0.25, 0.3) is 0 Å². The van der Waals surface area contributed by atoms with Gasteiger partial charge in [0.05, 0.1) is 63.8 Å². The van der Waals surface area contributed by atoms with Crippen molar-refractivity contribution in [2.75, 3.05) is 46.6 Å². The van der Waals surface area contributed by atoms with E-state index in [1.165, 1.54) is 6.92 Å². The molecule has 288 valence electrons. The van der Waals surface area contributed by atoms with Gasteiger partial charge in [-0.1, -0.05) is 36.8 Å². The first-order valence-corrected chi connectivity index (χ1v) is 18.1. The van der Waals surface area contributed by atoms with E-state index in [-0.39, 0.29) is 66.8 Å². The number of rotatable bonds is 20. The SMILES string of the molecule is CNC(=O)CCOCCOCCNC(=O)C[C@@H]1C[C@@]2(CO2)[C@H](O)[C@@H](/C=C/C(C)=C/C[C@@H]2O[C@H](C)[C@H](NC(=O)C/C=C\[C@H](C)OC(C)=O)C[C@@H]2C)O1. The summed E-state index contributed by atoms with van der Waals surface area (Å²) in [7, 11) is 1.58. The van der Waals surface area contributed by atoms with E-state index in [0.717, 1.165) is 12.0 Å². The van der Waals surface area contributed by atoms with Gasteiger partial charge in [-0.2, -0.15) is 0 Å². The Labute approximate surface area is 302 Å². The molecule has 3 rings (SSSR count). The molecule has 0 aromatic heterocycles. The molecule has 3 amide bonds. The summed E-state index contributed by atoms with van der Waals surface area (Å²) in [6.07, 6.45) is 9.38. The molecule has 4 N–H and O–H groups in total. The zero-order valence-electron chi connectivity index (χ0n) is 31.0. The van der Waals surface area contributed by atoms with Crippen LogP contribution in [0.1, 0.15) is 73.1 Å². The van der Waals surface area contributed by atoms with E-state index in [2.05, 4.69) is 29.0 Å². The van der Waals surface area contributed by atoms with Crippen molar-refractivity contribution in [1.82, 2.24) is 16.0 Å². The van der Waals surface area contributed by atoms with Gasteiger partial charge in [-0.05, 0) is 45.6 Å². The lowest BCUT2D eigenvalue weighted by molar-refractivity contribution is -0.145. The van der Waals surface area contributed by atoms with Crippen LogP contribution < -0.4 is 16.0 Å². The fourth-order valence-corrected chi connectivity index (χ4v) is 6.22. The van der Waals surface area contributed by atoms with Crippen molar-refractivity contribution < 1.29 is 52.7 Å². The summed E-state index contributed by atoms with van der Waals surface area (Å²) in [6.45, 7) is 11.3. The Kier molecular flexibility index (Phi) is 17.7. The number of carbonyl (C=O) groups is 4. The molecule has 0 saturated carbocycles. The molecule has 9 atom stereocenters. The van der Waals surface area contributed by atoms with Crippen molar-refractivity contribution >= 4 is 23.7 Å². The first kappa shape index (κ1) is 42.3. The minimum atomic E-state index is -0.838. The van der Waals surface area contributed by atoms with E-state index in [1.54, 1.807) is 26.1 Å². The standard InChI is InChI=1S/C37H59N3O11/c1-24(10-12-31-25(2)20-30(27(4)50-31)40-34(43)9-7-8-26(3)49-28(5)41)11-13-32-36(45)37(23-48-37)22-29(51-32)21-35(44)39-15-17-47-19-18-46-16-14-33(42)38-6/h7-8,10-11,13,25-27,29-32,36,45H,9,12,14-23H2,1-6H3,(H,38,42)(H,39,44)(H,40,43)/b8-7-,13-11+,24-10+/t25-,26-,27+,29+,30+,31-,32+,36+,37+/m0/s1. The number of ether oxygens (including phenoxy) is 6. The van der Waals surface area contributed by atoms with E-state index >= 15 is 0 Å². The second kappa shape index (κ2) is 21.4. The summed E-state index contributed by atoms with van der Waals surface area (Å²) in [5.41, 5.74) is 0.296. The first-order chi connectivity index (χ1) is 24.3. The lowest BCUT2D eigenvalue weighted by atomic mass is 9.87. The summed E-state index contributed by atoms with van der Waals surface area (Å²) in [5.74, 6) is -0.506. The fraction of sp³-hybridized carbons (Fsp3) is 0.730. The molecule has 14 heteroatoms. The number of hydrogen-bond acceptors (Lipinski definition) is 11. The average Bonchev–Trinajstić information content (AvgIpc) is 3.84. The number of hydrogen-bond donors (Lipinski definition) is 4. The van der Waals surface area contributed by atoms with Crippen molar-refractivity contribution in [2.24, 2.45) is 5.92 Å². The van der Waals surface area contributed by atoms with Crippen LogP contribution in [-0.2, 0) is 47.6 Å². The van der Waals surface area contributed by atoms with E-state index in [1.807, 2.05) is 26.0 Å². The van der Waals surface area contributed by atoms with Crippen molar-refractivity contribution in [2.45, 2.75) is 121 Å². The number of aliphatic hydroxyl groups is 1. The van der Waals surface area contributed by atoms with Crippen LogP contribution in [0.2, 0.25) is 0 Å². The van der Waals surface area contributed by atoms with E-state index in [9.17, 15) is 24.3 Å². The number of esters is 1. The quantitative estimate of drug-likeness (QED) is 0.0475. The molecule has 3 fully saturated rings. The van der Waals surface area contributed by atoms with Crippen LogP contribution in [0.4, 0.5) is 0 Å². The topological polar surface area (TPSA) is 183 Å². The van der Waals surface area contributed by atoms with Crippen LogP contribution in [-0.4, -0.2) is 124 Å². The number of allylic oxidation sites excluding steroid dienone is 2. The molecule has 0 aromatic rings. The predicted molar refractivity (Wildman–Crippen MR) is 188 cm³/mol. The second-order valence-electron chi connectivity index (χ2n) is 13.7. The van der Waals surface area contributed by atoms with Crippen molar-refractivity contribution in [3.8, 4) is 0 Å². The van der Waals surface area contributed by atoms with Gasteiger partial charge in [-0.25, -0.2) is 0 Å². The van der Waals surface area contributed by atoms with Crippen molar-refractivity contribution in [3.05, 3.63) is 36.0 Å². The molecule has 0 unspecified atom stereocenters. The third-order valence-corrected chi connectivity index (χ3v) is 9.24. The third-order valence-electron chi connectivity index (χ3n) is 9.24. The van der Waals surface area contributed by atoms with Gasteiger partial charge in [0.15, 0.2) is 0 Å². The van der Waals surface area contributed by atoms with Crippen molar-refractivity contribution in [3.63, 3.8) is 0 Å². The molecule has 0 aliphatic carbocycles. The van der Waals surface area contributed by atoms with Crippen LogP contribution in [0, 0.1) is 5.92 Å². The maximum atomic E-state index is 12.6. The maximum Gasteiger partial charge on any atom is 0.303 e. The highest BCUT2D eigenvalue weighted by Gasteiger charge is 2.58. The zero-order chi connectivity index (χ0) is 37.4. The number of amides is 3. The van der Waals surface area contributed by atoms with Crippen LogP contribution in [0.3, 0.4) is 0 Å². The first-order valence-electron chi connectivity index (χ1n) is 18.1. The molecule has 0 radical (unpaired) electrons. The van der Waals surface area contributed by atoms with Gasteiger partial charge in [0, 0.05) is 39.8 Å². The average molecular weight is 722 g/mol. The summed E-state index contributed by atoms with van der Waals surface area (Å²) in [6, 6.07) is -0.101. The predicted octanol–water partition coefficient (Wildman–Crippen LogP) is 2.04. The number of aliphatic hydroxyl groups excluding tert-OH is 1. The molecule has 1 spiro atoms. The summed E-state index contributed by atoms with van der Waals surface area (Å²) in [5, 5.41) is 19.4. The molecule has 3 aliphatic heterocycles. The maximum absolute atomic E-state index is 12.6. The van der Waals surface area contributed by atoms with Gasteiger partial charge in [0.1, 0.15) is 23.9 Å². The van der Waals surface area contributed by atoms with Crippen LogP contribution in [0.15, 0.2) is 36.0 Å². The minimum Gasteiger partial charge on any atom is -0.459 e. The number of epoxide rings is 1. The largest absolute Gasteiger partial charge is 0.459 e. The van der Waals surface area contributed by atoms with Crippen LogP contribution in [0.5, 0.6) is 0 Å². The Morgan fingerprint density at radius 3 is 2.43 bits per heavy atom. The van der Waals surface area contributed by atoms with E-state index < -0.39 is 23.9 Å². The highest BCUT2D eigenvalue weighted by Crippen LogP contribution is 2.43. The summed E-state index contributed by atoms with van der Waals surface area (Å²) in [4.78, 5) is 47.4. The van der Waals surface area contributed by atoms with Crippen molar-refractivity contribution in [1.29, 1.82) is 0 Å². The molecule has 0 bridgehead atoms. The number of nitrogens with one attached hydrogen (secondary N) is 3. The third kappa shape index (κ3) is 15.2. The Balaban J connectivity index is 1.38. The van der Waals surface area contributed by atoms with E-state index in [0.29, 0.717) is 58.8 Å². The Bertz CT molecular complexity index is 1230. The van der Waals surface area contributed by atoms with Gasteiger partial charge in [-0.15, -0.1) is 0 Å². The molecule has 3 aliphatic rings. The van der Waals surface area contributed by atoms with Gasteiger partial charge in [0.25, 0.3) is 0 Å². The zero-order valence-corrected chi connectivity index (χ0v) is 31.0. The molecule has 3 heterocycles. The monoisotopic (exact) mass is 721 g/mol. The number of carbonyl (C=O) groups excluding carboxylic acids is 4. The molecular weight excluding hydrogens is 662 g/mol. The second-order valence-corrected chi connectivity index (χ2v) is 13.7.